The quantitative estimate of drug-likeness (QED) is 0.127. The molecular weight excluding hydrogens is 673 g/mol. The topological polar surface area (TPSA) is 171 Å². The Morgan fingerprint density at radius 1 is 0.957 bits per heavy atom. The lowest BCUT2D eigenvalue weighted by Gasteiger charge is -2.18. The Labute approximate surface area is 279 Å². The first-order valence-corrected chi connectivity index (χ1v) is 18.3. The molecule has 0 atom stereocenters. The summed E-state index contributed by atoms with van der Waals surface area (Å²) in [7, 11) is -0.596. The molecule has 0 bridgehead atoms. The van der Waals surface area contributed by atoms with E-state index in [0.717, 1.165) is 21.9 Å². The summed E-state index contributed by atoms with van der Waals surface area (Å²) < 4.78 is 40.5. The van der Waals surface area contributed by atoms with Crippen LogP contribution >= 0.6 is 34.9 Å². The Morgan fingerprint density at radius 3 is 2.35 bits per heavy atom. The van der Waals surface area contributed by atoms with Crippen LogP contribution in [0.2, 0.25) is 0 Å². The number of anilines is 1. The average molecular weight is 707 g/mol. The van der Waals surface area contributed by atoms with E-state index in [-0.39, 0.29) is 28.7 Å². The second kappa shape index (κ2) is 16.2. The third kappa shape index (κ3) is 8.35. The largest absolute Gasteiger partial charge is 0.497 e. The smallest absolute Gasteiger partial charge is 0.251 e. The van der Waals surface area contributed by atoms with Crippen LogP contribution < -0.4 is 20.1 Å². The Hall–Kier alpha value is -3.71. The molecule has 2 aromatic carbocycles. The maximum Gasteiger partial charge on any atom is 0.251 e. The van der Waals surface area contributed by atoms with Gasteiger partial charge in [-0.15, -0.1) is 20.4 Å². The zero-order chi connectivity index (χ0) is 33.3. The molecule has 0 aliphatic rings. The van der Waals surface area contributed by atoms with Crippen molar-refractivity contribution < 1.29 is 27.5 Å². The van der Waals surface area contributed by atoms with Gasteiger partial charge in [0.25, 0.3) is 5.91 Å². The van der Waals surface area contributed by atoms with E-state index < -0.39 is 15.9 Å². The van der Waals surface area contributed by atoms with Crippen molar-refractivity contribution in [2.45, 2.75) is 41.7 Å². The van der Waals surface area contributed by atoms with Crippen LogP contribution in [-0.2, 0) is 21.4 Å². The minimum absolute atomic E-state index is 0.00461. The third-order valence-corrected chi connectivity index (χ3v) is 11.3. The highest BCUT2D eigenvalue weighted by molar-refractivity contribution is 8.01. The number of rotatable bonds is 16. The van der Waals surface area contributed by atoms with Crippen molar-refractivity contribution in [2.24, 2.45) is 0 Å². The number of carbonyl (C=O) groups is 2. The molecular formula is C28H34N8O6S4. The number of nitrogens with one attached hydrogen (secondary N) is 2. The molecule has 0 fully saturated rings. The number of nitrogens with zero attached hydrogens (tertiary/aromatic N) is 6. The SMILES string of the molecule is CCSc1nnc(NC(=O)CSc2nnc(CNC(=O)c3ccc(S(=O)(=O)N(CC)CC)cc3)n2-c2cc(OC)ccc2OC)s1. The highest BCUT2D eigenvalue weighted by Crippen LogP contribution is 2.32. The predicted octanol–water partition coefficient (Wildman–Crippen LogP) is 3.94. The summed E-state index contributed by atoms with van der Waals surface area (Å²) in [5.74, 6) is 1.49. The van der Waals surface area contributed by atoms with Crippen LogP contribution in [0.5, 0.6) is 11.5 Å². The van der Waals surface area contributed by atoms with E-state index in [1.165, 1.54) is 54.1 Å². The van der Waals surface area contributed by atoms with Gasteiger partial charge in [0.1, 0.15) is 11.5 Å². The molecule has 46 heavy (non-hydrogen) atoms. The van der Waals surface area contributed by atoms with Crippen molar-refractivity contribution in [1.29, 1.82) is 0 Å². The van der Waals surface area contributed by atoms with Gasteiger partial charge in [-0.05, 0) is 42.2 Å². The number of aromatic nitrogens is 5. The van der Waals surface area contributed by atoms with Crippen molar-refractivity contribution in [3.8, 4) is 17.2 Å². The monoisotopic (exact) mass is 706 g/mol. The predicted molar refractivity (Wildman–Crippen MR) is 178 cm³/mol. The van der Waals surface area contributed by atoms with E-state index in [1.807, 2.05) is 6.92 Å². The van der Waals surface area contributed by atoms with Gasteiger partial charge in [0.15, 0.2) is 15.3 Å². The molecule has 2 heterocycles. The fraction of sp³-hybridized carbons (Fsp3) is 0.357. The zero-order valence-electron chi connectivity index (χ0n) is 25.8. The second-order valence-corrected chi connectivity index (χ2v) is 14.6. The minimum Gasteiger partial charge on any atom is -0.497 e. The molecule has 0 saturated carbocycles. The molecule has 2 aromatic heterocycles. The van der Waals surface area contributed by atoms with Gasteiger partial charge in [-0.1, -0.05) is 55.6 Å². The van der Waals surface area contributed by atoms with E-state index in [4.69, 9.17) is 9.47 Å². The first-order chi connectivity index (χ1) is 22.1. The van der Waals surface area contributed by atoms with Gasteiger partial charge in [0.2, 0.25) is 21.1 Å². The van der Waals surface area contributed by atoms with Crippen LogP contribution in [0, 0.1) is 0 Å². The van der Waals surface area contributed by atoms with Gasteiger partial charge in [0.05, 0.1) is 37.1 Å². The van der Waals surface area contributed by atoms with E-state index in [1.54, 1.807) is 48.4 Å². The zero-order valence-corrected chi connectivity index (χ0v) is 29.1. The Morgan fingerprint density at radius 2 is 1.70 bits per heavy atom. The summed E-state index contributed by atoms with van der Waals surface area (Å²) in [6.45, 7) is 6.18. The molecule has 0 saturated heterocycles. The lowest BCUT2D eigenvalue weighted by atomic mass is 10.2. The van der Waals surface area contributed by atoms with Crippen molar-refractivity contribution in [3.05, 3.63) is 53.9 Å². The van der Waals surface area contributed by atoms with Gasteiger partial charge in [-0.2, -0.15) is 4.31 Å². The van der Waals surface area contributed by atoms with Crippen molar-refractivity contribution in [2.75, 3.05) is 44.1 Å². The molecule has 0 radical (unpaired) electrons. The minimum atomic E-state index is -3.66. The summed E-state index contributed by atoms with van der Waals surface area (Å²) in [4.78, 5) is 26.0. The van der Waals surface area contributed by atoms with Crippen LogP contribution in [0.1, 0.15) is 37.0 Å². The van der Waals surface area contributed by atoms with Crippen molar-refractivity contribution in [3.63, 3.8) is 0 Å². The number of methoxy groups -OCH3 is 2. The number of carbonyl (C=O) groups excluding carboxylic acids is 2. The van der Waals surface area contributed by atoms with Crippen molar-refractivity contribution >= 4 is 61.8 Å². The number of ether oxygens (including phenoxy) is 2. The molecule has 2 amide bonds. The maximum absolute atomic E-state index is 13.1. The summed E-state index contributed by atoms with van der Waals surface area (Å²) >= 11 is 3.98. The molecule has 0 spiro atoms. The third-order valence-electron chi connectivity index (χ3n) is 6.45. The fourth-order valence-electron chi connectivity index (χ4n) is 4.20. The van der Waals surface area contributed by atoms with Crippen LogP contribution in [0.15, 0.2) is 56.9 Å². The number of sulfonamides is 1. The van der Waals surface area contributed by atoms with E-state index in [9.17, 15) is 18.0 Å². The number of amides is 2. The lowest BCUT2D eigenvalue weighted by Crippen LogP contribution is -2.30. The van der Waals surface area contributed by atoms with Gasteiger partial charge in [0, 0.05) is 24.7 Å². The van der Waals surface area contributed by atoms with Crippen molar-refractivity contribution in [1.82, 2.24) is 34.6 Å². The van der Waals surface area contributed by atoms with Gasteiger partial charge < -0.3 is 14.8 Å². The number of hydrogen-bond donors (Lipinski definition) is 2. The summed E-state index contributed by atoms with van der Waals surface area (Å²) in [5.41, 5.74) is 0.808. The molecule has 2 N–H and O–H groups in total. The molecule has 246 valence electrons. The standard InChI is InChI=1S/C28H34N8O6S4/c1-6-35(7-2)46(39,40)20-12-9-18(10-13-20)25(38)29-16-23-31-33-27(36(23)21-15-19(41-4)11-14-22(21)42-5)44-17-24(37)30-26-32-34-28(45-26)43-8-3/h9-15H,6-8,16-17H2,1-5H3,(H,29,38)(H,30,32,37). The molecule has 4 rings (SSSR count). The Bertz CT molecular complexity index is 1760. The van der Waals surface area contributed by atoms with Crippen LogP contribution in [0.25, 0.3) is 5.69 Å². The molecule has 0 aliphatic heterocycles. The fourth-order valence-corrected chi connectivity index (χ4v) is 8.09. The van der Waals surface area contributed by atoms with Crippen LogP contribution in [0.4, 0.5) is 5.13 Å². The van der Waals surface area contributed by atoms with E-state index in [2.05, 4.69) is 31.0 Å². The van der Waals surface area contributed by atoms with Crippen LogP contribution in [-0.4, -0.2) is 88.3 Å². The highest BCUT2D eigenvalue weighted by atomic mass is 32.2. The Kier molecular flexibility index (Phi) is 12.4. The second-order valence-electron chi connectivity index (χ2n) is 9.21. The van der Waals surface area contributed by atoms with Gasteiger partial charge in [-0.3, -0.25) is 19.5 Å². The van der Waals surface area contributed by atoms with E-state index in [0.29, 0.717) is 46.4 Å². The normalized spacial score (nSPS) is 11.4. The first-order valence-electron chi connectivity index (χ1n) is 14.1. The van der Waals surface area contributed by atoms with E-state index >= 15 is 0 Å². The molecule has 0 unspecified atom stereocenters. The van der Waals surface area contributed by atoms with Gasteiger partial charge in [-0.25, -0.2) is 8.42 Å². The van der Waals surface area contributed by atoms with Crippen LogP contribution in [0.3, 0.4) is 0 Å². The molecule has 14 nitrogen and oxygen atoms in total. The Balaban J connectivity index is 1.54. The highest BCUT2D eigenvalue weighted by Gasteiger charge is 2.23. The summed E-state index contributed by atoms with van der Waals surface area (Å²) in [5, 5.41) is 23.0. The molecule has 4 aromatic rings. The lowest BCUT2D eigenvalue weighted by molar-refractivity contribution is -0.113. The first kappa shape index (κ1) is 35.1. The van der Waals surface area contributed by atoms with Gasteiger partial charge >= 0.3 is 0 Å². The maximum atomic E-state index is 13.1. The number of hydrogen-bond acceptors (Lipinski definition) is 13. The number of thioether (sulfide) groups is 2. The average Bonchev–Trinajstić information content (AvgIpc) is 3.69. The number of benzene rings is 2. The molecule has 0 aliphatic carbocycles. The summed E-state index contributed by atoms with van der Waals surface area (Å²) in [6.07, 6.45) is 0. The molecule has 18 heteroatoms. The summed E-state index contributed by atoms with van der Waals surface area (Å²) in [6, 6.07) is 11.0.